The zero-order valence-corrected chi connectivity index (χ0v) is 18.9. The summed E-state index contributed by atoms with van der Waals surface area (Å²) in [4.78, 5) is 27.5. The first kappa shape index (κ1) is 22.6. The largest absolute Gasteiger partial charge is 0.507 e. The van der Waals surface area contributed by atoms with E-state index in [1.165, 1.54) is 0 Å². The number of hydrogen-bond donors (Lipinski definition) is 1. The number of carbonyl (C=O) groups excluding carboxylic acids is 2. The van der Waals surface area contributed by atoms with Gasteiger partial charge in [0, 0.05) is 12.1 Å². The second-order valence-electron chi connectivity index (χ2n) is 8.95. The van der Waals surface area contributed by atoms with Gasteiger partial charge in [0.25, 0.3) is 11.7 Å². The molecule has 3 rings (SSSR count). The fourth-order valence-corrected chi connectivity index (χ4v) is 3.86. The van der Waals surface area contributed by atoms with E-state index < -0.39 is 17.7 Å². The van der Waals surface area contributed by atoms with Crippen LogP contribution in [0.25, 0.3) is 5.76 Å². The molecule has 1 amide bonds. The molecule has 5 nitrogen and oxygen atoms in total. The lowest BCUT2D eigenvalue weighted by Crippen LogP contribution is -2.30. The Morgan fingerprint density at radius 2 is 1.65 bits per heavy atom. The van der Waals surface area contributed by atoms with Crippen LogP contribution in [0.3, 0.4) is 0 Å². The molecular formula is C26H31NO4. The van der Waals surface area contributed by atoms with Gasteiger partial charge in [0.2, 0.25) is 0 Å². The lowest BCUT2D eigenvalue weighted by atomic mass is 9.85. The van der Waals surface area contributed by atoms with Gasteiger partial charge >= 0.3 is 0 Å². The number of rotatable bonds is 6. The molecule has 1 heterocycles. The molecule has 0 spiro atoms. The topological polar surface area (TPSA) is 66.8 Å². The van der Waals surface area contributed by atoms with Crippen LogP contribution >= 0.6 is 0 Å². The molecule has 1 unspecified atom stereocenters. The molecular weight excluding hydrogens is 390 g/mol. The van der Waals surface area contributed by atoms with Crippen molar-refractivity contribution in [1.82, 2.24) is 4.90 Å². The number of methoxy groups -OCH3 is 1. The molecule has 0 saturated carbocycles. The molecule has 164 valence electrons. The SMILES string of the molecule is CCCCN1C(=O)C(=O)/C(=C(\O)c2ccc(OC)cc2)C1c1ccc(C(C)(C)C)cc1. The van der Waals surface area contributed by atoms with Gasteiger partial charge in [-0.25, -0.2) is 0 Å². The molecule has 1 aliphatic rings. The summed E-state index contributed by atoms with van der Waals surface area (Å²) in [6.45, 7) is 8.92. The van der Waals surface area contributed by atoms with E-state index in [0.29, 0.717) is 17.9 Å². The van der Waals surface area contributed by atoms with E-state index in [1.54, 1.807) is 36.3 Å². The lowest BCUT2D eigenvalue weighted by Gasteiger charge is -2.26. The summed E-state index contributed by atoms with van der Waals surface area (Å²) in [6, 6.07) is 14.2. The van der Waals surface area contributed by atoms with Gasteiger partial charge in [-0.05, 0) is 47.2 Å². The average Bonchev–Trinajstić information content (AvgIpc) is 3.01. The van der Waals surface area contributed by atoms with Gasteiger partial charge < -0.3 is 14.7 Å². The van der Waals surface area contributed by atoms with E-state index in [4.69, 9.17) is 4.74 Å². The third-order valence-corrected chi connectivity index (χ3v) is 5.75. The van der Waals surface area contributed by atoms with Crippen molar-refractivity contribution in [2.75, 3.05) is 13.7 Å². The molecule has 0 aliphatic carbocycles. The summed E-state index contributed by atoms with van der Waals surface area (Å²) < 4.78 is 5.18. The van der Waals surface area contributed by atoms with E-state index >= 15 is 0 Å². The standard InChI is InChI=1S/C26H31NO4/c1-6-7-16-27-22(17-8-12-19(13-9-17)26(2,3)4)21(24(29)25(27)30)23(28)18-10-14-20(31-5)15-11-18/h8-15,22,28H,6-7,16H2,1-5H3/b23-21-. The fraction of sp³-hybridized carbons (Fsp3) is 0.385. The normalized spacial score (nSPS) is 18.5. The number of hydrogen-bond acceptors (Lipinski definition) is 4. The van der Waals surface area contributed by atoms with Crippen molar-refractivity contribution in [2.24, 2.45) is 0 Å². The number of ether oxygens (including phenoxy) is 1. The molecule has 1 N–H and O–H groups in total. The zero-order valence-electron chi connectivity index (χ0n) is 18.9. The van der Waals surface area contributed by atoms with Crippen LogP contribution in [0.1, 0.15) is 63.3 Å². The number of benzene rings is 2. The van der Waals surface area contributed by atoms with Crippen molar-refractivity contribution >= 4 is 17.4 Å². The minimum atomic E-state index is -0.644. The Labute approximate surface area is 184 Å². The van der Waals surface area contributed by atoms with E-state index in [1.807, 2.05) is 31.2 Å². The number of ketones is 1. The number of aliphatic hydroxyl groups is 1. The Bertz CT molecular complexity index is 982. The predicted octanol–water partition coefficient (Wildman–Crippen LogP) is 5.21. The van der Waals surface area contributed by atoms with Crippen LogP contribution in [-0.2, 0) is 15.0 Å². The van der Waals surface area contributed by atoms with Crippen molar-refractivity contribution in [3.8, 4) is 5.75 Å². The number of aliphatic hydroxyl groups excluding tert-OH is 1. The first-order valence-corrected chi connectivity index (χ1v) is 10.7. The molecule has 1 fully saturated rings. The maximum Gasteiger partial charge on any atom is 0.295 e. The summed E-state index contributed by atoms with van der Waals surface area (Å²) in [6.07, 6.45) is 1.68. The highest BCUT2D eigenvalue weighted by atomic mass is 16.5. The molecule has 0 bridgehead atoms. The molecule has 0 aromatic heterocycles. The molecule has 2 aromatic rings. The van der Waals surface area contributed by atoms with Gasteiger partial charge in [-0.2, -0.15) is 0 Å². The summed E-state index contributed by atoms with van der Waals surface area (Å²) in [5, 5.41) is 11.1. The highest BCUT2D eigenvalue weighted by molar-refractivity contribution is 6.46. The van der Waals surface area contributed by atoms with E-state index in [2.05, 4.69) is 20.8 Å². The summed E-state index contributed by atoms with van der Waals surface area (Å²) in [7, 11) is 1.56. The first-order valence-electron chi connectivity index (χ1n) is 10.7. The lowest BCUT2D eigenvalue weighted by molar-refractivity contribution is -0.139. The number of carbonyl (C=O) groups is 2. The molecule has 5 heteroatoms. The van der Waals surface area contributed by atoms with Crippen LogP contribution in [-0.4, -0.2) is 35.4 Å². The smallest absolute Gasteiger partial charge is 0.295 e. The molecule has 31 heavy (non-hydrogen) atoms. The Kier molecular flexibility index (Phi) is 6.54. The Hall–Kier alpha value is -3.08. The van der Waals surface area contributed by atoms with Gasteiger partial charge in [0.1, 0.15) is 11.5 Å². The second kappa shape index (κ2) is 8.96. The molecule has 1 aliphatic heterocycles. The van der Waals surface area contributed by atoms with Gasteiger partial charge in [-0.1, -0.05) is 58.4 Å². The Morgan fingerprint density at radius 3 is 2.16 bits per heavy atom. The van der Waals surface area contributed by atoms with E-state index in [0.717, 1.165) is 24.0 Å². The number of amides is 1. The third-order valence-electron chi connectivity index (χ3n) is 5.75. The van der Waals surface area contributed by atoms with Crippen molar-refractivity contribution < 1.29 is 19.4 Å². The molecule has 0 radical (unpaired) electrons. The average molecular weight is 422 g/mol. The van der Waals surface area contributed by atoms with Crippen LogP contribution in [0, 0.1) is 0 Å². The van der Waals surface area contributed by atoms with Crippen molar-refractivity contribution in [3.63, 3.8) is 0 Å². The monoisotopic (exact) mass is 421 g/mol. The summed E-state index contributed by atoms with van der Waals surface area (Å²) >= 11 is 0. The van der Waals surface area contributed by atoms with Crippen LogP contribution in [0.15, 0.2) is 54.1 Å². The van der Waals surface area contributed by atoms with Crippen LogP contribution in [0.4, 0.5) is 0 Å². The quantitative estimate of drug-likeness (QED) is 0.395. The number of nitrogens with zero attached hydrogens (tertiary/aromatic N) is 1. The van der Waals surface area contributed by atoms with Crippen molar-refractivity contribution in [3.05, 3.63) is 70.8 Å². The second-order valence-corrected chi connectivity index (χ2v) is 8.95. The highest BCUT2D eigenvalue weighted by Crippen LogP contribution is 2.40. The molecule has 1 saturated heterocycles. The third kappa shape index (κ3) is 4.50. The predicted molar refractivity (Wildman–Crippen MR) is 122 cm³/mol. The van der Waals surface area contributed by atoms with Crippen LogP contribution in [0.2, 0.25) is 0 Å². The summed E-state index contributed by atoms with van der Waals surface area (Å²) in [5.41, 5.74) is 2.58. The minimum absolute atomic E-state index is 0.00829. The van der Waals surface area contributed by atoms with Crippen LogP contribution in [0.5, 0.6) is 5.75 Å². The zero-order chi connectivity index (χ0) is 22.8. The van der Waals surface area contributed by atoms with E-state index in [9.17, 15) is 14.7 Å². The minimum Gasteiger partial charge on any atom is -0.507 e. The summed E-state index contributed by atoms with van der Waals surface area (Å²) in [5.74, 6) is -0.720. The fourth-order valence-electron chi connectivity index (χ4n) is 3.86. The van der Waals surface area contributed by atoms with Gasteiger partial charge in [-0.15, -0.1) is 0 Å². The van der Waals surface area contributed by atoms with Gasteiger partial charge in [-0.3, -0.25) is 9.59 Å². The van der Waals surface area contributed by atoms with Crippen molar-refractivity contribution in [2.45, 2.75) is 52.0 Å². The maximum atomic E-state index is 13.0. The molecule has 2 aromatic carbocycles. The van der Waals surface area contributed by atoms with Gasteiger partial charge in [0.15, 0.2) is 0 Å². The van der Waals surface area contributed by atoms with E-state index in [-0.39, 0.29) is 16.7 Å². The van der Waals surface area contributed by atoms with Gasteiger partial charge in [0.05, 0.1) is 18.7 Å². The Morgan fingerprint density at radius 1 is 1.03 bits per heavy atom. The van der Waals surface area contributed by atoms with Crippen LogP contribution < -0.4 is 4.74 Å². The Balaban J connectivity index is 2.12. The maximum absolute atomic E-state index is 13.0. The first-order chi connectivity index (χ1) is 14.7. The highest BCUT2D eigenvalue weighted by Gasteiger charge is 2.45. The number of Topliss-reactive ketones (excluding diaryl/α,β-unsaturated/α-hetero) is 1. The van der Waals surface area contributed by atoms with Crippen molar-refractivity contribution in [1.29, 1.82) is 0 Å². The number of unbranched alkanes of at least 4 members (excludes halogenated alkanes) is 1. The molecule has 1 atom stereocenters. The number of likely N-dealkylation sites (tertiary alicyclic amines) is 1.